The molecule has 4 nitrogen and oxygen atoms in total. The molecule has 4 aromatic rings. The average molecular weight is 362 g/mol. The van der Waals surface area contributed by atoms with Gasteiger partial charge in [-0.1, -0.05) is 54.1 Å². The lowest BCUT2D eigenvalue weighted by atomic mass is 10.1. The van der Waals surface area contributed by atoms with Gasteiger partial charge in [0.15, 0.2) is 0 Å². The van der Waals surface area contributed by atoms with Crippen molar-refractivity contribution >= 4 is 26.6 Å². The predicted octanol–water partition coefficient (Wildman–Crippen LogP) is 4.94. The van der Waals surface area contributed by atoms with Crippen LogP contribution >= 0.6 is 0 Å². The molecule has 1 aromatic heterocycles. The summed E-state index contributed by atoms with van der Waals surface area (Å²) < 4.78 is 28.2. The monoisotopic (exact) mass is 362 g/mol. The molecule has 3 aromatic carbocycles. The van der Waals surface area contributed by atoms with Crippen molar-refractivity contribution in [1.29, 1.82) is 0 Å². The molecule has 0 radical (unpaired) electrons. The number of aromatic nitrogens is 1. The summed E-state index contributed by atoms with van der Waals surface area (Å²) in [6.07, 6.45) is 0. The molecule has 0 atom stereocenters. The van der Waals surface area contributed by atoms with Gasteiger partial charge in [-0.15, -0.1) is 0 Å². The smallest absolute Gasteiger partial charge is 0.261 e. The van der Waals surface area contributed by atoms with Crippen LogP contribution in [-0.4, -0.2) is 13.4 Å². The molecule has 0 spiro atoms. The van der Waals surface area contributed by atoms with Gasteiger partial charge in [0.25, 0.3) is 10.0 Å². The topological polar surface area (TPSA) is 62.0 Å². The molecular formula is C21H18N2O2S. The lowest BCUT2D eigenvalue weighted by Gasteiger charge is -2.12. The number of hydrogen-bond donors (Lipinski definition) is 2. The number of nitrogens with one attached hydrogen (secondary N) is 2. The van der Waals surface area contributed by atoms with Crippen molar-refractivity contribution in [2.24, 2.45) is 0 Å². The number of sulfonamides is 1. The number of H-pyrrole nitrogens is 1. The first-order valence-electron chi connectivity index (χ1n) is 8.29. The fraction of sp³-hybridized carbons (Fsp3) is 0.0476. The van der Waals surface area contributed by atoms with E-state index in [-0.39, 0.29) is 4.90 Å². The number of rotatable bonds is 4. The van der Waals surface area contributed by atoms with Gasteiger partial charge in [0.2, 0.25) is 0 Å². The highest BCUT2D eigenvalue weighted by atomic mass is 32.2. The van der Waals surface area contributed by atoms with Crippen LogP contribution in [0.15, 0.2) is 83.8 Å². The molecule has 0 fully saturated rings. The quantitative estimate of drug-likeness (QED) is 0.540. The Bertz CT molecular complexity index is 1140. The maximum absolute atomic E-state index is 12.7. The zero-order valence-corrected chi connectivity index (χ0v) is 15.0. The van der Waals surface area contributed by atoms with Crippen LogP contribution < -0.4 is 4.72 Å². The molecule has 0 amide bonds. The third-order valence-corrected chi connectivity index (χ3v) is 5.70. The van der Waals surface area contributed by atoms with E-state index in [1.165, 1.54) is 0 Å². The Morgan fingerprint density at radius 1 is 0.846 bits per heavy atom. The van der Waals surface area contributed by atoms with Crippen molar-refractivity contribution in [3.05, 3.63) is 84.4 Å². The molecule has 0 saturated heterocycles. The van der Waals surface area contributed by atoms with Crippen LogP contribution in [0.1, 0.15) is 5.56 Å². The molecule has 0 aliphatic rings. The largest absolute Gasteiger partial charge is 0.354 e. The highest BCUT2D eigenvalue weighted by Gasteiger charge is 2.17. The van der Waals surface area contributed by atoms with Crippen LogP contribution in [0.2, 0.25) is 0 Å². The van der Waals surface area contributed by atoms with Gasteiger partial charge in [-0.3, -0.25) is 4.72 Å². The minimum atomic E-state index is -3.65. The van der Waals surface area contributed by atoms with Crippen molar-refractivity contribution in [3.8, 4) is 11.3 Å². The number of hydrogen-bond acceptors (Lipinski definition) is 2. The Kier molecular flexibility index (Phi) is 4.01. The van der Waals surface area contributed by atoms with Crippen molar-refractivity contribution in [3.63, 3.8) is 0 Å². The fourth-order valence-electron chi connectivity index (χ4n) is 2.95. The second-order valence-corrected chi connectivity index (χ2v) is 7.92. The summed E-state index contributed by atoms with van der Waals surface area (Å²) in [5.74, 6) is 0. The molecule has 0 aliphatic heterocycles. The molecule has 1 heterocycles. The second kappa shape index (κ2) is 6.35. The van der Waals surface area contributed by atoms with Gasteiger partial charge >= 0.3 is 0 Å². The van der Waals surface area contributed by atoms with E-state index in [0.29, 0.717) is 5.69 Å². The fourth-order valence-corrected chi connectivity index (χ4v) is 4.03. The zero-order chi connectivity index (χ0) is 18.1. The van der Waals surface area contributed by atoms with Gasteiger partial charge in [0, 0.05) is 22.2 Å². The van der Waals surface area contributed by atoms with E-state index < -0.39 is 10.0 Å². The third-order valence-electron chi connectivity index (χ3n) is 4.32. The Hall–Kier alpha value is -3.05. The molecular weight excluding hydrogens is 344 g/mol. The highest BCUT2D eigenvalue weighted by molar-refractivity contribution is 7.92. The van der Waals surface area contributed by atoms with E-state index in [9.17, 15) is 8.42 Å². The zero-order valence-electron chi connectivity index (χ0n) is 14.2. The Morgan fingerprint density at radius 3 is 2.31 bits per heavy atom. The molecule has 5 heteroatoms. The first-order chi connectivity index (χ1) is 12.5. The lowest BCUT2D eigenvalue weighted by Crippen LogP contribution is -2.13. The highest BCUT2D eigenvalue weighted by Crippen LogP contribution is 2.31. The van der Waals surface area contributed by atoms with Crippen molar-refractivity contribution in [2.45, 2.75) is 11.8 Å². The Balaban J connectivity index is 1.75. The van der Waals surface area contributed by atoms with E-state index in [4.69, 9.17) is 0 Å². The summed E-state index contributed by atoms with van der Waals surface area (Å²) in [5, 5.41) is 1.08. The number of fused-ring (bicyclic) bond motifs is 1. The summed E-state index contributed by atoms with van der Waals surface area (Å²) in [6, 6.07) is 24.2. The van der Waals surface area contributed by atoms with Crippen molar-refractivity contribution in [1.82, 2.24) is 4.98 Å². The first kappa shape index (κ1) is 16.4. The number of anilines is 1. The Labute approximate surface area is 152 Å². The molecule has 0 bridgehead atoms. The minimum absolute atomic E-state index is 0.245. The van der Waals surface area contributed by atoms with Gasteiger partial charge in [-0.2, -0.15) is 0 Å². The van der Waals surface area contributed by atoms with Gasteiger partial charge in [-0.25, -0.2) is 8.42 Å². The van der Waals surface area contributed by atoms with Crippen LogP contribution in [0, 0.1) is 6.92 Å². The molecule has 0 aliphatic carbocycles. The standard InChI is InChI=1S/C21H18N2O2S/c1-15-10-12-17(13-11-15)26(24,25)23-20-9-5-3-7-18(20)21-14-16-6-2-4-8-19(16)22-21/h2-14,22-23H,1H3. The van der Waals surface area contributed by atoms with Gasteiger partial charge in [0.1, 0.15) is 0 Å². The van der Waals surface area contributed by atoms with Crippen LogP contribution in [0.4, 0.5) is 5.69 Å². The van der Waals surface area contributed by atoms with E-state index in [1.54, 1.807) is 30.3 Å². The van der Waals surface area contributed by atoms with Gasteiger partial charge < -0.3 is 4.98 Å². The van der Waals surface area contributed by atoms with Gasteiger partial charge in [0.05, 0.1) is 10.6 Å². The summed E-state index contributed by atoms with van der Waals surface area (Å²) >= 11 is 0. The van der Waals surface area contributed by atoms with E-state index in [0.717, 1.165) is 27.7 Å². The van der Waals surface area contributed by atoms with Crippen molar-refractivity contribution < 1.29 is 8.42 Å². The summed E-state index contributed by atoms with van der Waals surface area (Å²) in [5.41, 5.74) is 4.24. The van der Waals surface area contributed by atoms with Crippen LogP contribution in [0.3, 0.4) is 0 Å². The number of aromatic amines is 1. The lowest BCUT2D eigenvalue weighted by molar-refractivity contribution is 0.601. The predicted molar refractivity (Wildman–Crippen MR) is 106 cm³/mol. The summed E-state index contributed by atoms with van der Waals surface area (Å²) in [4.78, 5) is 3.60. The summed E-state index contributed by atoms with van der Waals surface area (Å²) in [7, 11) is -3.65. The number of benzene rings is 3. The average Bonchev–Trinajstić information content (AvgIpc) is 3.06. The molecule has 0 unspecified atom stereocenters. The van der Waals surface area contributed by atoms with Crippen LogP contribution in [0.5, 0.6) is 0 Å². The SMILES string of the molecule is Cc1ccc(S(=O)(=O)Nc2ccccc2-c2cc3ccccc3[nH]2)cc1. The Morgan fingerprint density at radius 2 is 1.54 bits per heavy atom. The molecule has 130 valence electrons. The first-order valence-corrected chi connectivity index (χ1v) is 9.78. The second-order valence-electron chi connectivity index (χ2n) is 6.23. The van der Waals surface area contributed by atoms with Crippen LogP contribution in [0.25, 0.3) is 22.2 Å². The van der Waals surface area contributed by atoms with Crippen molar-refractivity contribution in [2.75, 3.05) is 4.72 Å². The number of aryl methyl sites for hydroxylation is 1. The maximum atomic E-state index is 12.7. The minimum Gasteiger partial charge on any atom is -0.354 e. The maximum Gasteiger partial charge on any atom is 0.261 e. The normalized spacial score (nSPS) is 11.6. The van der Waals surface area contributed by atoms with E-state index in [2.05, 4.69) is 9.71 Å². The third kappa shape index (κ3) is 3.09. The molecule has 0 saturated carbocycles. The van der Waals surface area contributed by atoms with E-state index in [1.807, 2.05) is 55.5 Å². The number of para-hydroxylation sites is 2. The van der Waals surface area contributed by atoms with Crippen LogP contribution in [-0.2, 0) is 10.0 Å². The van der Waals surface area contributed by atoms with E-state index >= 15 is 0 Å². The summed E-state index contributed by atoms with van der Waals surface area (Å²) in [6.45, 7) is 1.93. The molecule has 26 heavy (non-hydrogen) atoms. The molecule has 4 rings (SSSR count). The molecule has 2 N–H and O–H groups in total. The van der Waals surface area contributed by atoms with Gasteiger partial charge in [-0.05, 0) is 37.3 Å².